The molecule has 2 amide bonds. The molecule has 2 aliphatic rings. The molecular weight excluding hydrogens is 350 g/mol. The monoisotopic (exact) mass is 369 g/mol. The van der Waals surface area contributed by atoms with Crippen molar-refractivity contribution in [2.24, 2.45) is 11.3 Å². The van der Waals surface area contributed by atoms with Crippen molar-refractivity contribution in [2.75, 3.05) is 13.1 Å². The highest BCUT2D eigenvalue weighted by molar-refractivity contribution is 6.30. The average molecular weight is 370 g/mol. The van der Waals surface area contributed by atoms with Crippen LogP contribution in [-0.4, -0.2) is 34.8 Å². The highest BCUT2D eigenvalue weighted by Gasteiger charge is 2.61. The van der Waals surface area contributed by atoms with Gasteiger partial charge < -0.3 is 10.2 Å². The number of carbonyl (C=O) groups is 2. The second-order valence-corrected chi connectivity index (χ2v) is 7.62. The number of benzene rings is 1. The van der Waals surface area contributed by atoms with Crippen LogP contribution in [0.25, 0.3) is 0 Å². The molecule has 26 heavy (non-hydrogen) atoms. The van der Waals surface area contributed by atoms with Crippen molar-refractivity contribution < 1.29 is 9.59 Å². The maximum Gasteiger partial charge on any atom is 0.253 e. The minimum atomic E-state index is -0.0451. The van der Waals surface area contributed by atoms with E-state index in [2.05, 4.69) is 10.3 Å². The molecule has 4 rings (SSSR count). The summed E-state index contributed by atoms with van der Waals surface area (Å²) in [5.74, 6) is 0.0765. The van der Waals surface area contributed by atoms with E-state index in [0.717, 1.165) is 18.4 Å². The fourth-order valence-corrected chi connectivity index (χ4v) is 4.05. The summed E-state index contributed by atoms with van der Waals surface area (Å²) in [6, 6.07) is 10.8. The van der Waals surface area contributed by atoms with E-state index in [-0.39, 0.29) is 23.1 Å². The van der Waals surface area contributed by atoms with Crippen LogP contribution in [0.2, 0.25) is 5.02 Å². The Balaban J connectivity index is 1.34. The van der Waals surface area contributed by atoms with Crippen LogP contribution in [0.15, 0.2) is 48.8 Å². The number of pyridine rings is 1. The standard InChI is InChI=1S/C20H20ClN3O2/c21-16-3-1-2-15(10-16)19(26)24-9-6-20(13-24)11-17(20)18(25)23-12-14-4-7-22-8-5-14/h1-5,7-8,10,17H,6,9,11-13H2,(H,23,25). The van der Waals surface area contributed by atoms with E-state index in [1.165, 1.54) is 0 Å². The molecule has 6 heteroatoms. The second kappa shape index (κ2) is 6.72. The third kappa shape index (κ3) is 3.31. The molecule has 2 fully saturated rings. The molecule has 1 saturated heterocycles. The topological polar surface area (TPSA) is 62.3 Å². The molecule has 2 aromatic rings. The molecule has 2 atom stereocenters. The molecule has 0 radical (unpaired) electrons. The average Bonchev–Trinajstić information content (AvgIpc) is 3.20. The lowest BCUT2D eigenvalue weighted by atomic mass is 10.0. The zero-order valence-electron chi connectivity index (χ0n) is 14.3. The number of nitrogens with one attached hydrogen (secondary N) is 1. The third-order valence-electron chi connectivity index (χ3n) is 5.47. The Labute approximate surface area is 157 Å². The first kappa shape index (κ1) is 17.0. The third-order valence-corrected chi connectivity index (χ3v) is 5.70. The van der Waals surface area contributed by atoms with Gasteiger partial charge >= 0.3 is 0 Å². The Hall–Kier alpha value is -2.40. The van der Waals surface area contributed by atoms with E-state index in [4.69, 9.17) is 11.6 Å². The van der Waals surface area contributed by atoms with Gasteiger partial charge in [0.1, 0.15) is 0 Å². The highest BCUT2D eigenvalue weighted by Crippen LogP contribution is 2.58. The lowest BCUT2D eigenvalue weighted by molar-refractivity contribution is -0.123. The molecular formula is C20H20ClN3O2. The van der Waals surface area contributed by atoms with Gasteiger partial charge in [0.2, 0.25) is 5.91 Å². The van der Waals surface area contributed by atoms with Crippen LogP contribution < -0.4 is 5.32 Å². The molecule has 1 aliphatic carbocycles. The van der Waals surface area contributed by atoms with Crippen LogP contribution in [-0.2, 0) is 11.3 Å². The summed E-state index contributed by atoms with van der Waals surface area (Å²) in [5.41, 5.74) is 1.59. The predicted octanol–water partition coefficient (Wildman–Crippen LogP) is 2.90. The van der Waals surface area contributed by atoms with Gasteiger partial charge in [0.15, 0.2) is 0 Å². The number of halogens is 1. The van der Waals surface area contributed by atoms with Crippen molar-refractivity contribution in [2.45, 2.75) is 19.4 Å². The van der Waals surface area contributed by atoms with Crippen LogP contribution in [0.5, 0.6) is 0 Å². The van der Waals surface area contributed by atoms with Crippen molar-refractivity contribution in [1.82, 2.24) is 15.2 Å². The molecule has 1 N–H and O–H groups in total. The van der Waals surface area contributed by atoms with Crippen molar-refractivity contribution in [3.8, 4) is 0 Å². The Kier molecular flexibility index (Phi) is 4.41. The van der Waals surface area contributed by atoms with Gasteiger partial charge in [0, 0.05) is 53.9 Å². The van der Waals surface area contributed by atoms with Gasteiger partial charge in [-0.1, -0.05) is 17.7 Å². The summed E-state index contributed by atoms with van der Waals surface area (Å²) >= 11 is 5.99. The number of rotatable bonds is 4. The van der Waals surface area contributed by atoms with Crippen molar-refractivity contribution in [3.05, 3.63) is 64.9 Å². The number of aromatic nitrogens is 1. The van der Waals surface area contributed by atoms with Gasteiger partial charge in [-0.15, -0.1) is 0 Å². The predicted molar refractivity (Wildman–Crippen MR) is 98.6 cm³/mol. The summed E-state index contributed by atoms with van der Waals surface area (Å²) in [5, 5.41) is 3.57. The van der Waals surface area contributed by atoms with Crippen LogP contribution >= 0.6 is 11.6 Å². The number of carbonyl (C=O) groups excluding carboxylic acids is 2. The van der Waals surface area contributed by atoms with Gasteiger partial charge in [0.05, 0.1) is 0 Å². The number of nitrogens with zero attached hydrogens (tertiary/aromatic N) is 2. The van der Waals surface area contributed by atoms with E-state index < -0.39 is 0 Å². The molecule has 134 valence electrons. The van der Waals surface area contributed by atoms with Crippen molar-refractivity contribution >= 4 is 23.4 Å². The molecule has 2 heterocycles. The Morgan fingerprint density at radius 2 is 2.08 bits per heavy atom. The van der Waals surface area contributed by atoms with E-state index in [1.54, 1.807) is 36.7 Å². The minimum absolute atomic E-state index is 0.00139. The van der Waals surface area contributed by atoms with Gasteiger partial charge in [-0.3, -0.25) is 14.6 Å². The first-order chi connectivity index (χ1) is 12.6. The summed E-state index contributed by atoms with van der Waals surface area (Å²) < 4.78 is 0. The Bertz CT molecular complexity index is 842. The van der Waals surface area contributed by atoms with E-state index >= 15 is 0 Å². The number of hydrogen-bond donors (Lipinski definition) is 1. The summed E-state index contributed by atoms with van der Waals surface area (Å²) in [4.78, 5) is 31.0. The zero-order chi connectivity index (χ0) is 18.1. The van der Waals surface area contributed by atoms with E-state index in [9.17, 15) is 9.59 Å². The summed E-state index contributed by atoms with van der Waals surface area (Å²) in [6.45, 7) is 1.85. The number of amides is 2. The smallest absolute Gasteiger partial charge is 0.253 e. The van der Waals surface area contributed by atoms with Gasteiger partial charge in [-0.25, -0.2) is 0 Å². The van der Waals surface area contributed by atoms with Gasteiger partial charge in [0.25, 0.3) is 5.91 Å². The fraction of sp³-hybridized carbons (Fsp3) is 0.350. The van der Waals surface area contributed by atoms with E-state index in [0.29, 0.717) is 30.2 Å². The Morgan fingerprint density at radius 3 is 2.85 bits per heavy atom. The zero-order valence-corrected chi connectivity index (χ0v) is 15.1. The van der Waals surface area contributed by atoms with E-state index in [1.807, 2.05) is 17.0 Å². The normalized spacial score (nSPS) is 23.9. The fourth-order valence-electron chi connectivity index (χ4n) is 3.86. The van der Waals surface area contributed by atoms with Gasteiger partial charge in [-0.2, -0.15) is 0 Å². The minimum Gasteiger partial charge on any atom is -0.352 e. The number of likely N-dealkylation sites (tertiary alicyclic amines) is 1. The highest BCUT2D eigenvalue weighted by atomic mass is 35.5. The lowest BCUT2D eigenvalue weighted by Gasteiger charge is -2.17. The maximum absolute atomic E-state index is 12.7. The largest absolute Gasteiger partial charge is 0.352 e. The SMILES string of the molecule is O=C(NCc1ccncc1)C1CC12CCN(C(=O)c1cccc(Cl)c1)C2. The second-order valence-electron chi connectivity index (χ2n) is 7.18. The number of hydrogen-bond acceptors (Lipinski definition) is 3. The first-order valence-corrected chi connectivity index (χ1v) is 9.17. The van der Waals surface area contributed by atoms with Crippen molar-refractivity contribution in [3.63, 3.8) is 0 Å². The Morgan fingerprint density at radius 1 is 1.27 bits per heavy atom. The lowest BCUT2D eigenvalue weighted by Crippen LogP contribution is -2.31. The molecule has 2 unspecified atom stereocenters. The van der Waals surface area contributed by atoms with Gasteiger partial charge in [-0.05, 0) is 48.7 Å². The quantitative estimate of drug-likeness (QED) is 0.901. The maximum atomic E-state index is 12.7. The molecule has 1 saturated carbocycles. The van der Waals surface area contributed by atoms with Crippen LogP contribution in [0.3, 0.4) is 0 Å². The molecule has 5 nitrogen and oxygen atoms in total. The molecule has 1 aliphatic heterocycles. The molecule has 1 aromatic carbocycles. The molecule has 1 spiro atoms. The molecule has 0 bridgehead atoms. The molecule has 1 aromatic heterocycles. The first-order valence-electron chi connectivity index (χ1n) is 8.79. The summed E-state index contributed by atoms with van der Waals surface area (Å²) in [7, 11) is 0. The van der Waals surface area contributed by atoms with Crippen LogP contribution in [0.1, 0.15) is 28.8 Å². The summed E-state index contributed by atoms with van der Waals surface area (Å²) in [6.07, 6.45) is 5.17. The van der Waals surface area contributed by atoms with Crippen LogP contribution in [0.4, 0.5) is 0 Å². The van der Waals surface area contributed by atoms with Crippen LogP contribution in [0, 0.1) is 11.3 Å². The van der Waals surface area contributed by atoms with Crippen molar-refractivity contribution in [1.29, 1.82) is 0 Å².